The van der Waals surface area contributed by atoms with Crippen LogP contribution in [-0.2, 0) is 0 Å². The number of nitrogens with one attached hydrogen (secondary N) is 1. The van der Waals surface area contributed by atoms with E-state index >= 15 is 0 Å². The van der Waals surface area contributed by atoms with E-state index in [-0.39, 0.29) is 17.6 Å². The van der Waals surface area contributed by atoms with Crippen LogP contribution in [0.1, 0.15) is 36.7 Å². The molecule has 1 aromatic rings. The van der Waals surface area contributed by atoms with Crippen molar-refractivity contribution in [2.75, 3.05) is 11.9 Å². The highest BCUT2D eigenvalue weighted by Gasteiger charge is 2.16. The predicted octanol–water partition coefficient (Wildman–Crippen LogP) is 2.96. The van der Waals surface area contributed by atoms with Gasteiger partial charge in [0, 0.05) is 18.3 Å². The Morgan fingerprint density at radius 2 is 2.00 bits per heavy atom. The monoisotopic (exact) mass is 264 g/mol. The standard InChI is InChI=1S/C14H20N2O3/c1-5-16(9(2)3)14(19)15-11-7-6-10(4)12(8-11)13(17)18/h6-9H,5H2,1-4H3,(H,15,19)(H,17,18). The molecule has 0 heterocycles. The number of aryl methyl sites for hydroxylation is 1. The van der Waals surface area contributed by atoms with E-state index in [2.05, 4.69) is 5.32 Å². The minimum Gasteiger partial charge on any atom is -0.478 e. The van der Waals surface area contributed by atoms with Gasteiger partial charge in [0.2, 0.25) is 0 Å². The van der Waals surface area contributed by atoms with Gasteiger partial charge >= 0.3 is 12.0 Å². The number of urea groups is 1. The van der Waals surface area contributed by atoms with Crippen LogP contribution in [0.3, 0.4) is 0 Å². The highest BCUT2D eigenvalue weighted by Crippen LogP contribution is 2.16. The maximum absolute atomic E-state index is 12.0. The molecule has 104 valence electrons. The first-order valence-corrected chi connectivity index (χ1v) is 6.28. The van der Waals surface area contributed by atoms with Crippen molar-refractivity contribution < 1.29 is 14.7 Å². The fraction of sp³-hybridized carbons (Fsp3) is 0.429. The van der Waals surface area contributed by atoms with Crippen LogP contribution in [0.4, 0.5) is 10.5 Å². The lowest BCUT2D eigenvalue weighted by atomic mass is 10.1. The average molecular weight is 264 g/mol. The fourth-order valence-corrected chi connectivity index (χ4v) is 1.87. The van der Waals surface area contributed by atoms with Gasteiger partial charge in [0.05, 0.1) is 5.56 Å². The van der Waals surface area contributed by atoms with Crippen LogP contribution in [-0.4, -0.2) is 34.6 Å². The molecule has 0 spiro atoms. The molecular formula is C14H20N2O3. The van der Waals surface area contributed by atoms with Gasteiger partial charge in [-0.15, -0.1) is 0 Å². The van der Waals surface area contributed by atoms with Crippen LogP contribution >= 0.6 is 0 Å². The van der Waals surface area contributed by atoms with Gasteiger partial charge in [0.25, 0.3) is 0 Å². The smallest absolute Gasteiger partial charge is 0.336 e. The first-order chi connectivity index (χ1) is 8.86. The number of benzene rings is 1. The van der Waals surface area contributed by atoms with Gasteiger partial charge in [-0.25, -0.2) is 9.59 Å². The quantitative estimate of drug-likeness (QED) is 0.878. The third-order valence-electron chi connectivity index (χ3n) is 2.94. The second kappa shape index (κ2) is 6.22. The molecule has 0 saturated carbocycles. The zero-order valence-electron chi connectivity index (χ0n) is 11.7. The minimum absolute atomic E-state index is 0.0920. The Morgan fingerprint density at radius 1 is 1.37 bits per heavy atom. The SMILES string of the molecule is CCN(C(=O)Nc1ccc(C)c(C(=O)O)c1)C(C)C. The summed E-state index contributed by atoms with van der Waals surface area (Å²) < 4.78 is 0. The number of rotatable bonds is 4. The second-order valence-electron chi connectivity index (χ2n) is 4.64. The minimum atomic E-state index is -0.996. The lowest BCUT2D eigenvalue weighted by Gasteiger charge is -2.25. The van der Waals surface area contributed by atoms with E-state index in [0.29, 0.717) is 17.8 Å². The van der Waals surface area contributed by atoms with Crippen molar-refractivity contribution in [1.82, 2.24) is 4.90 Å². The Labute approximate surface area is 113 Å². The summed E-state index contributed by atoms with van der Waals surface area (Å²) >= 11 is 0. The maximum Gasteiger partial charge on any atom is 0.336 e. The van der Waals surface area contributed by atoms with Gasteiger partial charge in [-0.3, -0.25) is 0 Å². The van der Waals surface area contributed by atoms with E-state index in [1.807, 2.05) is 20.8 Å². The first kappa shape index (κ1) is 15.0. The highest BCUT2D eigenvalue weighted by molar-refractivity contribution is 5.94. The zero-order chi connectivity index (χ0) is 14.6. The van der Waals surface area contributed by atoms with Crippen molar-refractivity contribution in [3.63, 3.8) is 0 Å². The molecule has 0 aliphatic carbocycles. The normalized spacial score (nSPS) is 10.4. The van der Waals surface area contributed by atoms with E-state index in [4.69, 9.17) is 5.11 Å². The van der Waals surface area contributed by atoms with E-state index < -0.39 is 5.97 Å². The third-order valence-corrected chi connectivity index (χ3v) is 2.94. The van der Waals surface area contributed by atoms with E-state index in [0.717, 1.165) is 0 Å². The summed E-state index contributed by atoms with van der Waals surface area (Å²) in [4.78, 5) is 24.7. The van der Waals surface area contributed by atoms with Crippen LogP contribution in [0.15, 0.2) is 18.2 Å². The number of carboxylic acid groups (broad SMARTS) is 1. The summed E-state index contributed by atoms with van der Waals surface area (Å²) in [7, 11) is 0. The molecule has 0 aliphatic rings. The third kappa shape index (κ3) is 3.71. The number of carboxylic acids is 1. The van der Waals surface area contributed by atoms with Gasteiger partial charge < -0.3 is 15.3 Å². The Morgan fingerprint density at radius 3 is 2.47 bits per heavy atom. The summed E-state index contributed by atoms with van der Waals surface area (Å²) in [5.74, 6) is -0.996. The molecule has 0 saturated heterocycles. The van der Waals surface area contributed by atoms with E-state index in [1.165, 1.54) is 6.07 Å². The molecule has 0 aromatic heterocycles. The molecule has 0 aliphatic heterocycles. The molecule has 2 N–H and O–H groups in total. The average Bonchev–Trinajstić information content (AvgIpc) is 2.31. The number of aromatic carboxylic acids is 1. The number of amides is 2. The molecule has 0 atom stereocenters. The van der Waals surface area contributed by atoms with E-state index in [9.17, 15) is 9.59 Å². The molecule has 2 amide bonds. The van der Waals surface area contributed by atoms with Gasteiger partial charge in [0.15, 0.2) is 0 Å². The molecule has 5 nitrogen and oxygen atoms in total. The number of hydrogen-bond donors (Lipinski definition) is 2. The number of anilines is 1. The molecule has 19 heavy (non-hydrogen) atoms. The van der Waals surface area contributed by atoms with Crippen molar-refractivity contribution >= 4 is 17.7 Å². The van der Waals surface area contributed by atoms with Crippen molar-refractivity contribution in [2.45, 2.75) is 33.7 Å². The molecule has 0 radical (unpaired) electrons. The van der Waals surface area contributed by atoms with Gasteiger partial charge in [0.1, 0.15) is 0 Å². The lowest BCUT2D eigenvalue weighted by Crippen LogP contribution is -2.39. The molecule has 0 fully saturated rings. The maximum atomic E-state index is 12.0. The Bertz CT molecular complexity index is 484. The van der Waals surface area contributed by atoms with Crippen molar-refractivity contribution in [2.24, 2.45) is 0 Å². The number of carbonyl (C=O) groups is 2. The Kier molecular flexibility index (Phi) is 4.92. The molecule has 0 bridgehead atoms. The second-order valence-corrected chi connectivity index (χ2v) is 4.64. The fourth-order valence-electron chi connectivity index (χ4n) is 1.87. The first-order valence-electron chi connectivity index (χ1n) is 6.28. The van der Waals surface area contributed by atoms with Crippen molar-refractivity contribution in [3.05, 3.63) is 29.3 Å². The van der Waals surface area contributed by atoms with Gasteiger partial charge in [-0.1, -0.05) is 6.07 Å². The zero-order valence-corrected chi connectivity index (χ0v) is 11.7. The number of hydrogen-bond acceptors (Lipinski definition) is 2. The number of carbonyl (C=O) groups excluding carboxylic acids is 1. The topological polar surface area (TPSA) is 69.6 Å². The lowest BCUT2D eigenvalue weighted by molar-refractivity contribution is 0.0696. The summed E-state index contributed by atoms with van der Waals surface area (Å²) in [5, 5.41) is 11.8. The largest absolute Gasteiger partial charge is 0.478 e. The Hall–Kier alpha value is -2.04. The molecular weight excluding hydrogens is 244 g/mol. The van der Waals surface area contributed by atoms with Crippen LogP contribution in [0.5, 0.6) is 0 Å². The number of nitrogens with zero attached hydrogens (tertiary/aromatic N) is 1. The van der Waals surface area contributed by atoms with Gasteiger partial charge in [-0.05, 0) is 45.4 Å². The van der Waals surface area contributed by atoms with Crippen molar-refractivity contribution in [3.8, 4) is 0 Å². The summed E-state index contributed by atoms with van der Waals surface area (Å²) in [6.07, 6.45) is 0. The predicted molar refractivity (Wildman–Crippen MR) is 74.7 cm³/mol. The molecule has 0 unspecified atom stereocenters. The highest BCUT2D eigenvalue weighted by atomic mass is 16.4. The molecule has 1 aromatic carbocycles. The molecule has 5 heteroatoms. The summed E-state index contributed by atoms with van der Waals surface area (Å²) in [6.45, 7) is 8.09. The van der Waals surface area contributed by atoms with Crippen LogP contribution < -0.4 is 5.32 Å². The van der Waals surface area contributed by atoms with Crippen LogP contribution in [0.25, 0.3) is 0 Å². The summed E-state index contributed by atoms with van der Waals surface area (Å²) in [5.41, 5.74) is 1.36. The van der Waals surface area contributed by atoms with E-state index in [1.54, 1.807) is 24.0 Å². The van der Waals surface area contributed by atoms with Crippen LogP contribution in [0.2, 0.25) is 0 Å². The van der Waals surface area contributed by atoms with Crippen LogP contribution in [0, 0.1) is 6.92 Å². The molecule has 1 rings (SSSR count). The van der Waals surface area contributed by atoms with Crippen molar-refractivity contribution in [1.29, 1.82) is 0 Å². The Balaban J connectivity index is 2.91. The van der Waals surface area contributed by atoms with Gasteiger partial charge in [-0.2, -0.15) is 0 Å². The summed E-state index contributed by atoms with van der Waals surface area (Å²) in [6, 6.07) is 4.73.